The molecule has 0 spiro atoms. The van der Waals surface area contributed by atoms with E-state index >= 15 is 0 Å². The van der Waals surface area contributed by atoms with Crippen molar-refractivity contribution in [2.75, 3.05) is 7.11 Å². The van der Waals surface area contributed by atoms with Crippen LogP contribution >= 0.6 is 0 Å². The van der Waals surface area contributed by atoms with Gasteiger partial charge in [-0.05, 0) is 78.2 Å². The van der Waals surface area contributed by atoms with Crippen LogP contribution in [-0.2, 0) is 16.6 Å². The van der Waals surface area contributed by atoms with E-state index in [0.29, 0.717) is 11.6 Å². The van der Waals surface area contributed by atoms with Crippen LogP contribution in [0.5, 0.6) is 5.75 Å². The highest BCUT2D eigenvalue weighted by molar-refractivity contribution is 7.89. The van der Waals surface area contributed by atoms with Crippen molar-refractivity contribution in [3.8, 4) is 11.4 Å². The lowest BCUT2D eigenvalue weighted by molar-refractivity contribution is 0.411. The van der Waals surface area contributed by atoms with Gasteiger partial charge in [0.25, 0.3) is 0 Å². The molecular weight excluding hydrogens is 366 g/mol. The molecule has 0 aliphatic carbocycles. The van der Waals surface area contributed by atoms with Crippen LogP contribution in [0.2, 0.25) is 0 Å². The first-order valence-electron chi connectivity index (χ1n) is 8.31. The smallest absolute Gasteiger partial charge is 0.240 e. The summed E-state index contributed by atoms with van der Waals surface area (Å²) >= 11 is 0. The third-order valence-corrected chi connectivity index (χ3v) is 5.76. The van der Waals surface area contributed by atoms with Gasteiger partial charge in [0.05, 0.1) is 24.2 Å². The van der Waals surface area contributed by atoms with Crippen molar-refractivity contribution in [2.24, 2.45) is 0 Å². The predicted octanol–water partition coefficient (Wildman–Crippen LogP) is 2.07. The van der Waals surface area contributed by atoms with Crippen molar-refractivity contribution in [1.29, 1.82) is 0 Å². The van der Waals surface area contributed by atoms with Gasteiger partial charge < -0.3 is 4.74 Å². The van der Waals surface area contributed by atoms with E-state index in [4.69, 9.17) is 4.74 Å². The molecule has 8 nitrogen and oxygen atoms in total. The molecule has 0 aliphatic rings. The molecule has 3 rings (SSSR count). The van der Waals surface area contributed by atoms with Crippen molar-refractivity contribution in [2.45, 2.75) is 32.2 Å². The van der Waals surface area contributed by atoms with Gasteiger partial charge in [-0.3, -0.25) is 0 Å². The molecule has 9 heteroatoms. The topological polar surface area (TPSA) is 99.0 Å². The molecule has 0 radical (unpaired) electrons. The fourth-order valence-electron chi connectivity index (χ4n) is 2.63. The second-order valence-corrected chi connectivity index (χ2v) is 8.00. The molecule has 0 bridgehead atoms. The van der Waals surface area contributed by atoms with Gasteiger partial charge in [-0.2, -0.15) is 4.68 Å². The van der Waals surface area contributed by atoms with Gasteiger partial charge in [0, 0.05) is 0 Å². The van der Waals surface area contributed by atoms with Crippen molar-refractivity contribution < 1.29 is 13.2 Å². The molecule has 0 aliphatic heterocycles. The summed E-state index contributed by atoms with van der Waals surface area (Å²) in [6.45, 7) is 5.77. The Morgan fingerprint density at radius 1 is 1.04 bits per heavy atom. The molecule has 3 aromatic rings. The molecule has 0 fully saturated rings. The zero-order valence-corrected chi connectivity index (χ0v) is 16.4. The SMILES string of the molecule is COc1ccc(S(=O)(=O)NCc2nnnn2-c2ccc(C)c(C)c2)cc1C. The van der Waals surface area contributed by atoms with E-state index in [-0.39, 0.29) is 11.4 Å². The fourth-order valence-corrected chi connectivity index (χ4v) is 3.70. The quantitative estimate of drug-likeness (QED) is 0.695. The molecule has 1 aromatic heterocycles. The zero-order valence-electron chi connectivity index (χ0n) is 15.6. The van der Waals surface area contributed by atoms with Crippen molar-refractivity contribution in [1.82, 2.24) is 24.9 Å². The monoisotopic (exact) mass is 387 g/mol. The largest absolute Gasteiger partial charge is 0.496 e. The van der Waals surface area contributed by atoms with E-state index in [9.17, 15) is 8.42 Å². The summed E-state index contributed by atoms with van der Waals surface area (Å²) < 4.78 is 34.4. The molecule has 2 aromatic carbocycles. The molecule has 0 unspecified atom stereocenters. The third-order valence-electron chi connectivity index (χ3n) is 4.37. The Morgan fingerprint density at radius 3 is 2.48 bits per heavy atom. The van der Waals surface area contributed by atoms with Crippen LogP contribution in [0.4, 0.5) is 0 Å². The summed E-state index contributed by atoms with van der Waals surface area (Å²) in [5.41, 5.74) is 3.77. The summed E-state index contributed by atoms with van der Waals surface area (Å²) in [5.74, 6) is 1.03. The summed E-state index contributed by atoms with van der Waals surface area (Å²) in [6, 6.07) is 10.5. The van der Waals surface area contributed by atoms with Crippen molar-refractivity contribution in [3.05, 3.63) is 58.9 Å². The van der Waals surface area contributed by atoms with Crippen molar-refractivity contribution in [3.63, 3.8) is 0 Å². The Bertz CT molecular complexity index is 1080. The summed E-state index contributed by atoms with van der Waals surface area (Å²) in [7, 11) is -2.17. The van der Waals surface area contributed by atoms with Crippen LogP contribution < -0.4 is 9.46 Å². The van der Waals surface area contributed by atoms with Gasteiger partial charge >= 0.3 is 0 Å². The molecule has 1 heterocycles. The number of tetrazole rings is 1. The Kier molecular flexibility index (Phi) is 5.24. The van der Waals surface area contributed by atoms with Gasteiger partial charge in [0.15, 0.2) is 5.82 Å². The first-order valence-corrected chi connectivity index (χ1v) is 9.79. The van der Waals surface area contributed by atoms with E-state index in [0.717, 1.165) is 22.4 Å². The highest BCUT2D eigenvalue weighted by Gasteiger charge is 2.18. The van der Waals surface area contributed by atoms with Crippen LogP contribution in [0.1, 0.15) is 22.5 Å². The van der Waals surface area contributed by atoms with Crippen LogP contribution in [0.15, 0.2) is 41.3 Å². The molecule has 142 valence electrons. The Morgan fingerprint density at radius 2 is 1.81 bits per heavy atom. The molecule has 0 saturated carbocycles. The number of benzene rings is 2. The Labute approximate surface area is 158 Å². The number of methoxy groups -OCH3 is 1. The Hall–Kier alpha value is -2.78. The molecule has 1 N–H and O–H groups in total. The minimum atomic E-state index is -3.71. The van der Waals surface area contributed by atoms with Gasteiger partial charge in [-0.15, -0.1) is 5.10 Å². The normalized spacial score (nSPS) is 11.6. The summed E-state index contributed by atoms with van der Waals surface area (Å²) in [5, 5.41) is 11.6. The van der Waals surface area contributed by atoms with Gasteiger partial charge in [-0.1, -0.05) is 6.07 Å². The molecule has 0 amide bonds. The number of rotatable bonds is 6. The summed E-state index contributed by atoms with van der Waals surface area (Å²) in [4.78, 5) is 0.158. The van der Waals surface area contributed by atoms with Crippen molar-refractivity contribution >= 4 is 10.0 Å². The molecule has 0 saturated heterocycles. The average Bonchev–Trinajstić information content (AvgIpc) is 3.11. The second-order valence-electron chi connectivity index (χ2n) is 6.23. The highest BCUT2D eigenvalue weighted by atomic mass is 32.2. The minimum Gasteiger partial charge on any atom is -0.496 e. The number of hydrogen-bond acceptors (Lipinski definition) is 6. The lowest BCUT2D eigenvalue weighted by Gasteiger charge is -2.10. The number of ether oxygens (including phenoxy) is 1. The number of nitrogens with one attached hydrogen (secondary N) is 1. The van der Waals surface area contributed by atoms with Crippen LogP contribution in [0.3, 0.4) is 0 Å². The Balaban J connectivity index is 1.82. The number of aryl methyl sites for hydroxylation is 3. The fraction of sp³-hybridized carbons (Fsp3) is 0.278. The second kappa shape index (κ2) is 7.45. The zero-order chi connectivity index (χ0) is 19.6. The maximum absolute atomic E-state index is 12.6. The third kappa shape index (κ3) is 3.99. The predicted molar refractivity (Wildman–Crippen MR) is 100 cm³/mol. The lowest BCUT2D eigenvalue weighted by atomic mass is 10.1. The maximum atomic E-state index is 12.6. The lowest BCUT2D eigenvalue weighted by Crippen LogP contribution is -2.25. The minimum absolute atomic E-state index is 0.0344. The van der Waals surface area contributed by atoms with Crippen LogP contribution in [-0.4, -0.2) is 35.7 Å². The molecule has 27 heavy (non-hydrogen) atoms. The highest BCUT2D eigenvalue weighted by Crippen LogP contribution is 2.21. The average molecular weight is 387 g/mol. The number of hydrogen-bond donors (Lipinski definition) is 1. The van der Waals surface area contributed by atoms with Crippen LogP contribution in [0, 0.1) is 20.8 Å². The standard InChI is InChI=1S/C18H21N5O3S/c1-12-5-6-15(9-13(12)2)23-18(20-21-22-23)11-19-27(24,25)16-7-8-17(26-4)14(3)10-16/h5-10,19H,11H2,1-4H3. The number of sulfonamides is 1. The van der Waals surface area contributed by atoms with Gasteiger partial charge in [0.1, 0.15) is 5.75 Å². The van der Waals surface area contributed by atoms with E-state index in [1.807, 2.05) is 32.0 Å². The maximum Gasteiger partial charge on any atom is 0.240 e. The summed E-state index contributed by atoms with van der Waals surface area (Å²) in [6.07, 6.45) is 0. The van der Waals surface area contributed by atoms with E-state index in [2.05, 4.69) is 20.2 Å². The van der Waals surface area contributed by atoms with Gasteiger partial charge in [-0.25, -0.2) is 13.1 Å². The molecule has 0 atom stereocenters. The molecular formula is C18H21N5O3S. The number of aromatic nitrogens is 4. The van der Waals surface area contributed by atoms with E-state index < -0.39 is 10.0 Å². The number of nitrogens with zero attached hydrogens (tertiary/aromatic N) is 4. The first kappa shape index (κ1) is 19.0. The van der Waals surface area contributed by atoms with E-state index in [1.165, 1.54) is 10.7 Å². The van der Waals surface area contributed by atoms with E-state index in [1.54, 1.807) is 26.2 Å². The first-order chi connectivity index (χ1) is 12.8. The van der Waals surface area contributed by atoms with Crippen LogP contribution in [0.25, 0.3) is 5.69 Å². The van der Waals surface area contributed by atoms with Gasteiger partial charge in [0.2, 0.25) is 10.0 Å².